The summed E-state index contributed by atoms with van der Waals surface area (Å²) in [5, 5.41) is 0.828. The molecule has 3 rings (SSSR count). The second-order valence-corrected chi connectivity index (χ2v) is 6.13. The van der Waals surface area contributed by atoms with E-state index < -0.39 is 0 Å². The van der Waals surface area contributed by atoms with Crippen LogP contribution < -0.4 is 4.74 Å². The number of nitrogens with zero attached hydrogens (tertiary/aromatic N) is 3. The summed E-state index contributed by atoms with van der Waals surface area (Å²) in [6, 6.07) is 7.70. The maximum Gasteiger partial charge on any atom is 0.229 e. The van der Waals surface area contributed by atoms with E-state index in [0.29, 0.717) is 25.1 Å². The van der Waals surface area contributed by atoms with Crippen LogP contribution in [0.2, 0.25) is 0 Å². The van der Waals surface area contributed by atoms with Gasteiger partial charge in [-0.25, -0.2) is 4.98 Å². The number of hydrogen-bond acceptors (Lipinski definition) is 5. The zero-order valence-corrected chi connectivity index (χ0v) is 13.6. The number of imidazole rings is 1. The van der Waals surface area contributed by atoms with E-state index in [1.54, 1.807) is 13.3 Å². The first-order valence-electron chi connectivity index (χ1n) is 7.33. The largest absolute Gasteiger partial charge is 0.497 e. The van der Waals surface area contributed by atoms with Crippen LogP contribution in [0.3, 0.4) is 0 Å². The van der Waals surface area contributed by atoms with Gasteiger partial charge in [-0.15, -0.1) is 0 Å². The van der Waals surface area contributed by atoms with Crippen molar-refractivity contribution in [1.29, 1.82) is 0 Å². The van der Waals surface area contributed by atoms with E-state index in [0.717, 1.165) is 16.6 Å². The Morgan fingerprint density at radius 1 is 1.17 bits per heavy atom. The molecule has 1 aromatic heterocycles. The van der Waals surface area contributed by atoms with Gasteiger partial charge in [0.2, 0.25) is 11.8 Å². The third kappa shape index (κ3) is 3.39. The molecule has 0 N–H and O–H groups in total. The molecule has 2 heterocycles. The molecule has 6 nitrogen and oxygen atoms in total. The zero-order chi connectivity index (χ0) is 16.2. The van der Waals surface area contributed by atoms with Crippen LogP contribution in [0.25, 0.3) is 5.69 Å². The van der Waals surface area contributed by atoms with Crippen LogP contribution in [0.4, 0.5) is 0 Å². The summed E-state index contributed by atoms with van der Waals surface area (Å²) in [4.78, 5) is 28.9. The van der Waals surface area contributed by atoms with Crippen LogP contribution in [0.1, 0.15) is 12.8 Å². The smallest absolute Gasteiger partial charge is 0.229 e. The number of hydrogen-bond donors (Lipinski definition) is 0. The Morgan fingerprint density at radius 3 is 2.52 bits per heavy atom. The van der Waals surface area contributed by atoms with Gasteiger partial charge in [-0.1, -0.05) is 11.8 Å². The van der Waals surface area contributed by atoms with Gasteiger partial charge in [-0.2, -0.15) is 0 Å². The number of amides is 2. The first-order valence-corrected chi connectivity index (χ1v) is 8.31. The fourth-order valence-electron chi connectivity index (χ4n) is 2.44. The number of thioether (sulfide) groups is 1. The first kappa shape index (κ1) is 15.6. The molecule has 1 aliphatic rings. The molecule has 7 heteroatoms. The topological polar surface area (TPSA) is 64.4 Å². The van der Waals surface area contributed by atoms with Gasteiger partial charge in [0, 0.05) is 43.2 Å². The number of rotatable bonds is 6. The van der Waals surface area contributed by atoms with E-state index in [4.69, 9.17) is 4.74 Å². The molecule has 1 saturated heterocycles. The minimum atomic E-state index is -0.0749. The first-order chi connectivity index (χ1) is 11.2. The minimum Gasteiger partial charge on any atom is -0.497 e. The third-order valence-corrected chi connectivity index (χ3v) is 4.61. The zero-order valence-electron chi connectivity index (χ0n) is 12.8. The van der Waals surface area contributed by atoms with Crippen LogP contribution >= 0.6 is 11.8 Å². The second-order valence-electron chi connectivity index (χ2n) is 5.07. The van der Waals surface area contributed by atoms with Gasteiger partial charge < -0.3 is 4.74 Å². The third-order valence-electron chi connectivity index (χ3n) is 3.66. The Morgan fingerprint density at radius 2 is 1.87 bits per heavy atom. The Balaban J connectivity index is 1.64. The molecule has 2 aromatic rings. The minimum absolute atomic E-state index is 0.0749. The van der Waals surface area contributed by atoms with E-state index in [1.807, 2.05) is 35.0 Å². The number of imide groups is 1. The van der Waals surface area contributed by atoms with Crippen molar-refractivity contribution in [3.63, 3.8) is 0 Å². The Hall–Kier alpha value is -2.28. The predicted molar refractivity (Wildman–Crippen MR) is 86.8 cm³/mol. The van der Waals surface area contributed by atoms with Crippen LogP contribution in [0, 0.1) is 0 Å². The number of likely N-dealkylation sites (tertiary alicyclic amines) is 1. The van der Waals surface area contributed by atoms with Crippen LogP contribution in [-0.4, -0.2) is 45.7 Å². The summed E-state index contributed by atoms with van der Waals surface area (Å²) in [6.45, 7) is 0.428. The van der Waals surface area contributed by atoms with Gasteiger partial charge in [0.15, 0.2) is 5.16 Å². The fourth-order valence-corrected chi connectivity index (χ4v) is 3.33. The highest BCUT2D eigenvalue weighted by Crippen LogP contribution is 2.23. The van der Waals surface area contributed by atoms with Gasteiger partial charge in [0.25, 0.3) is 0 Å². The SMILES string of the molecule is COc1ccc(-n2ccnc2SCCN2C(=O)CCC2=O)cc1. The van der Waals surface area contributed by atoms with E-state index in [1.165, 1.54) is 16.7 Å². The van der Waals surface area contributed by atoms with Crippen LogP contribution in [-0.2, 0) is 9.59 Å². The molecule has 23 heavy (non-hydrogen) atoms. The Labute approximate surface area is 138 Å². The number of carbonyl (C=O) groups is 2. The molecule has 0 radical (unpaired) electrons. The van der Waals surface area contributed by atoms with Crippen molar-refractivity contribution in [3.05, 3.63) is 36.7 Å². The van der Waals surface area contributed by atoms with Crippen molar-refractivity contribution in [2.24, 2.45) is 0 Å². The highest BCUT2D eigenvalue weighted by molar-refractivity contribution is 7.99. The summed E-state index contributed by atoms with van der Waals surface area (Å²) in [6.07, 6.45) is 4.29. The highest BCUT2D eigenvalue weighted by atomic mass is 32.2. The van der Waals surface area contributed by atoms with Crippen LogP contribution in [0.5, 0.6) is 5.75 Å². The Bertz CT molecular complexity index is 696. The number of aromatic nitrogens is 2. The lowest BCUT2D eigenvalue weighted by Gasteiger charge is -2.13. The van der Waals surface area contributed by atoms with Gasteiger partial charge >= 0.3 is 0 Å². The molecular weight excluding hydrogens is 314 g/mol. The van der Waals surface area contributed by atoms with Crippen molar-refractivity contribution in [2.75, 3.05) is 19.4 Å². The molecule has 0 aliphatic carbocycles. The number of benzene rings is 1. The molecular formula is C16H17N3O3S. The number of ether oxygens (including phenoxy) is 1. The van der Waals surface area contributed by atoms with E-state index in [-0.39, 0.29) is 11.8 Å². The van der Waals surface area contributed by atoms with Gasteiger partial charge in [-0.05, 0) is 24.3 Å². The average molecular weight is 331 g/mol. The molecule has 0 saturated carbocycles. The summed E-state index contributed by atoms with van der Waals surface area (Å²) in [5.41, 5.74) is 0.985. The Kier molecular flexibility index (Phi) is 4.66. The second kappa shape index (κ2) is 6.87. The van der Waals surface area contributed by atoms with Crippen molar-refractivity contribution in [3.8, 4) is 11.4 Å². The van der Waals surface area contributed by atoms with Gasteiger partial charge in [0.1, 0.15) is 5.75 Å². The van der Waals surface area contributed by atoms with Crippen molar-refractivity contribution in [1.82, 2.24) is 14.5 Å². The van der Waals surface area contributed by atoms with Gasteiger partial charge in [-0.3, -0.25) is 19.1 Å². The molecule has 2 amide bonds. The summed E-state index contributed by atoms with van der Waals surface area (Å²) in [5.74, 6) is 1.28. The predicted octanol–water partition coefficient (Wildman–Crippen LogP) is 2.12. The maximum atomic E-state index is 11.6. The lowest BCUT2D eigenvalue weighted by molar-refractivity contribution is -0.137. The number of methoxy groups -OCH3 is 1. The molecule has 0 spiro atoms. The van der Waals surface area contributed by atoms with E-state index in [2.05, 4.69) is 4.98 Å². The number of carbonyl (C=O) groups excluding carboxylic acids is 2. The summed E-state index contributed by atoms with van der Waals surface area (Å²) < 4.78 is 7.13. The lowest BCUT2D eigenvalue weighted by Crippen LogP contribution is -2.31. The van der Waals surface area contributed by atoms with Crippen molar-refractivity contribution in [2.45, 2.75) is 18.0 Å². The molecule has 0 bridgehead atoms. The standard InChI is InChI=1S/C16H17N3O3S/c1-22-13-4-2-12(3-5-13)18-9-8-17-16(18)23-11-10-19-14(20)6-7-15(19)21/h2-5,8-9H,6-7,10-11H2,1H3. The summed E-state index contributed by atoms with van der Waals surface area (Å²) >= 11 is 1.52. The van der Waals surface area contributed by atoms with E-state index in [9.17, 15) is 9.59 Å². The highest BCUT2D eigenvalue weighted by Gasteiger charge is 2.28. The average Bonchev–Trinajstić information content (AvgIpc) is 3.16. The molecule has 1 aromatic carbocycles. The maximum absolute atomic E-state index is 11.6. The quantitative estimate of drug-likeness (QED) is 0.599. The fraction of sp³-hybridized carbons (Fsp3) is 0.312. The van der Waals surface area contributed by atoms with Crippen LogP contribution in [0.15, 0.2) is 41.8 Å². The van der Waals surface area contributed by atoms with Gasteiger partial charge in [0.05, 0.1) is 7.11 Å². The normalized spacial score (nSPS) is 14.6. The molecule has 120 valence electrons. The molecule has 1 fully saturated rings. The van der Waals surface area contributed by atoms with Crippen molar-refractivity contribution < 1.29 is 14.3 Å². The monoisotopic (exact) mass is 331 g/mol. The van der Waals surface area contributed by atoms with E-state index >= 15 is 0 Å². The molecule has 0 unspecified atom stereocenters. The van der Waals surface area contributed by atoms with Crippen molar-refractivity contribution >= 4 is 23.6 Å². The lowest BCUT2D eigenvalue weighted by atomic mass is 10.3. The molecule has 1 aliphatic heterocycles. The summed E-state index contributed by atoms with van der Waals surface area (Å²) in [7, 11) is 1.63. The molecule has 0 atom stereocenters.